The second kappa shape index (κ2) is 3.69. The molecule has 1 aromatic heterocycles. The largest absolute Gasteiger partial charge is 0.321 e. The van der Waals surface area contributed by atoms with E-state index in [1.807, 2.05) is 6.92 Å². The summed E-state index contributed by atoms with van der Waals surface area (Å²) in [6.07, 6.45) is 0. The van der Waals surface area contributed by atoms with E-state index < -0.39 is 0 Å². The van der Waals surface area contributed by atoms with E-state index in [4.69, 9.17) is 5.73 Å². The van der Waals surface area contributed by atoms with E-state index in [-0.39, 0.29) is 11.5 Å². The van der Waals surface area contributed by atoms with E-state index in [2.05, 4.69) is 42.5 Å². The summed E-state index contributed by atoms with van der Waals surface area (Å²) < 4.78 is 2.07. The Bertz CT molecular complexity index is 308. The van der Waals surface area contributed by atoms with Gasteiger partial charge in [-0.2, -0.15) is 0 Å². The predicted molar refractivity (Wildman–Crippen MR) is 56.8 cm³/mol. The lowest BCUT2D eigenvalue weighted by molar-refractivity contribution is 0.307. The number of hydrogen-bond acceptors (Lipinski definition) is 3. The van der Waals surface area contributed by atoms with Gasteiger partial charge in [0.2, 0.25) is 0 Å². The Kier molecular flexibility index (Phi) is 2.95. The van der Waals surface area contributed by atoms with Gasteiger partial charge in [-0.25, -0.2) is 0 Å². The Balaban J connectivity index is 3.07. The third-order valence-electron chi connectivity index (χ3n) is 2.49. The normalized spacial score (nSPS) is 14.4. The van der Waals surface area contributed by atoms with Gasteiger partial charge in [0.1, 0.15) is 5.82 Å². The van der Waals surface area contributed by atoms with Crippen molar-refractivity contribution in [3.05, 3.63) is 11.6 Å². The Morgan fingerprint density at radius 3 is 2.36 bits per heavy atom. The van der Waals surface area contributed by atoms with Crippen LogP contribution in [0.2, 0.25) is 0 Å². The van der Waals surface area contributed by atoms with Crippen LogP contribution in [0.3, 0.4) is 0 Å². The zero-order valence-corrected chi connectivity index (χ0v) is 9.70. The molecule has 0 saturated carbocycles. The average Bonchev–Trinajstić information content (AvgIpc) is 2.43. The van der Waals surface area contributed by atoms with Crippen LogP contribution in [0.15, 0.2) is 0 Å². The molecule has 1 atom stereocenters. The highest BCUT2D eigenvalue weighted by atomic mass is 15.3. The first-order chi connectivity index (χ1) is 6.38. The maximum absolute atomic E-state index is 6.14. The van der Waals surface area contributed by atoms with Crippen molar-refractivity contribution in [2.75, 3.05) is 0 Å². The van der Waals surface area contributed by atoms with Gasteiger partial charge in [0.25, 0.3) is 0 Å². The number of aryl methyl sites for hydroxylation is 1. The zero-order valence-electron chi connectivity index (χ0n) is 9.70. The Hall–Kier alpha value is -0.900. The van der Waals surface area contributed by atoms with Crippen LogP contribution in [0, 0.1) is 12.3 Å². The molecule has 4 heteroatoms. The van der Waals surface area contributed by atoms with Crippen LogP contribution in [0.4, 0.5) is 0 Å². The standard InChI is InChI=1S/C10H20N4/c1-6-14-7(2)12-13-9(14)8(11)10(3,4)5/h8H,6,11H2,1-5H3. The van der Waals surface area contributed by atoms with Gasteiger partial charge in [0, 0.05) is 6.54 Å². The highest BCUT2D eigenvalue weighted by molar-refractivity contribution is 5.02. The van der Waals surface area contributed by atoms with Gasteiger partial charge in [-0.3, -0.25) is 0 Å². The van der Waals surface area contributed by atoms with Crippen molar-refractivity contribution in [1.82, 2.24) is 14.8 Å². The summed E-state index contributed by atoms with van der Waals surface area (Å²) in [5, 5.41) is 8.20. The molecule has 0 aliphatic rings. The fourth-order valence-electron chi connectivity index (χ4n) is 1.41. The SMILES string of the molecule is CCn1c(C)nnc1C(N)C(C)(C)C. The number of rotatable bonds is 2. The molecule has 80 valence electrons. The van der Waals surface area contributed by atoms with Gasteiger partial charge in [-0.05, 0) is 19.3 Å². The van der Waals surface area contributed by atoms with Crippen LogP contribution >= 0.6 is 0 Å². The lowest BCUT2D eigenvalue weighted by Gasteiger charge is -2.26. The molecule has 0 aliphatic carbocycles. The second-order valence-corrected chi connectivity index (χ2v) is 4.69. The van der Waals surface area contributed by atoms with Crippen LogP contribution in [0.5, 0.6) is 0 Å². The molecule has 4 nitrogen and oxygen atoms in total. The molecule has 0 fully saturated rings. The van der Waals surface area contributed by atoms with Gasteiger partial charge < -0.3 is 10.3 Å². The summed E-state index contributed by atoms with van der Waals surface area (Å²) in [5.41, 5.74) is 6.16. The molecular weight excluding hydrogens is 176 g/mol. The first-order valence-corrected chi connectivity index (χ1v) is 5.03. The van der Waals surface area contributed by atoms with Crippen molar-refractivity contribution >= 4 is 0 Å². The van der Waals surface area contributed by atoms with Crippen molar-refractivity contribution < 1.29 is 0 Å². The molecule has 0 radical (unpaired) electrons. The first-order valence-electron chi connectivity index (χ1n) is 5.03. The van der Waals surface area contributed by atoms with Gasteiger partial charge in [-0.1, -0.05) is 20.8 Å². The Morgan fingerprint density at radius 2 is 1.93 bits per heavy atom. The molecule has 1 unspecified atom stereocenters. The second-order valence-electron chi connectivity index (χ2n) is 4.69. The van der Waals surface area contributed by atoms with Gasteiger partial charge in [-0.15, -0.1) is 10.2 Å². The third-order valence-corrected chi connectivity index (χ3v) is 2.49. The number of nitrogens with zero attached hydrogens (tertiary/aromatic N) is 3. The van der Waals surface area contributed by atoms with Gasteiger partial charge in [0.15, 0.2) is 5.82 Å². The highest BCUT2D eigenvalue weighted by Crippen LogP contribution is 2.29. The summed E-state index contributed by atoms with van der Waals surface area (Å²) in [4.78, 5) is 0. The summed E-state index contributed by atoms with van der Waals surface area (Å²) in [7, 11) is 0. The first kappa shape index (κ1) is 11.2. The minimum absolute atomic E-state index is 0.0202. The van der Waals surface area contributed by atoms with Crippen molar-refractivity contribution in [3.8, 4) is 0 Å². The summed E-state index contributed by atoms with van der Waals surface area (Å²) in [6, 6.07) is -0.0661. The lowest BCUT2D eigenvalue weighted by Crippen LogP contribution is -2.29. The smallest absolute Gasteiger partial charge is 0.150 e. The van der Waals surface area contributed by atoms with Crippen LogP contribution in [0.1, 0.15) is 45.4 Å². The quantitative estimate of drug-likeness (QED) is 0.782. The molecule has 0 amide bonds. The number of nitrogens with two attached hydrogens (primary N) is 1. The van der Waals surface area contributed by atoms with Gasteiger partial charge in [0.05, 0.1) is 6.04 Å². The molecule has 1 rings (SSSR count). The van der Waals surface area contributed by atoms with Crippen molar-refractivity contribution in [1.29, 1.82) is 0 Å². The fraction of sp³-hybridized carbons (Fsp3) is 0.800. The molecular formula is C10H20N4. The number of aromatic nitrogens is 3. The molecule has 0 aromatic carbocycles. The average molecular weight is 196 g/mol. The van der Waals surface area contributed by atoms with Crippen molar-refractivity contribution in [3.63, 3.8) is 0 Å². The van der Waals surface area contributed by atoms with Crippen LogP contribution in [-0.2, 0) is 6.54 Å². The van der Waals surface area contributed by atoms with E-state index in [0.29, 0.717) is 0 Å². The summed E-state index contributed by atoms with van der Waals surface area (Å²) in [6.45, 7) is 11.2. The van der Waals surface area contributed by atoms with Gasteiger partial charge >= 0.3 is 0 Å². The fourth-order valence-corrected chi connectivity index (χ4v) is 1.41. The topological polar surface area (TPSA) is 56.7 Å². The van der Waals surface area contributed by atoms with Crippen molar-refractivity contribution in [2.45, 2.75) is 47.2 Å². The molecule has 0 aliphatic heterocycles. The van der Waals surface area contributed by atoms with Crippen LogP contribution in [0.25, 0.3) is 0 Å². The van der Waals surface area contributed by atoms with Crippen LogP contribution < -0.4 is 5.73 Å². The minimum Gasteiger partial charge on any atom is -0.321 e. The molecule has 1 aromatic rings. The third kappa shape index (κ3) is 1.95. The zero-order chi connectivity index (χ0) is 10.9. The van der Waals surface area contributed by atoms with E-state index in [1.54, 1.807) is 0 Å². The van der Waals surface area contributed by atoms with E-state index >= 15 is 0 Å². The summed E-state index contributed by atoms with van der Waals surface area (Å²) >= 11 is 0. The number of hydrogen-bond donors (Lipinski definition) is 1. The summed E-state index contributed by atoms with van der Waals surface area (Å²) in [5.74, 6) is 1.82. The molecule has 0 saturated heterocycles. The minimum atomic E-state index is -0.0661. The molecule has 1 heterocycles. The molecule has 0 spiro atoms. The highest BCUT2D eigenvalue weighted by Gasteiger charge is 2.27. The maximum Gasteiger partial charge on any atom is 0.150 e. The van der Waals surface area contributed by atoms with E-state index in [9.17, 15) is 0 Å². The lowest BCUT2D eigenvalue weighted by atomic mass is 9.87. The molecule has 14 heavy (non-hydrogen) atoms. The Labute approximate surface area is 85.5 Å². The maximum atomic E-state index is 6.14. The van der Waals surface area contributed by atoms with Crippen LogP contribution in [-0.4, -0.2) is 14.8 Å². The molecule has 2 N–H and O–H groups in total. The predicted octanol–water partition coefficient (Wildman–Crippen LogP) is 1.65. The monoisotopic (exact) mass is 196 g/mol. The molecule has 0 bridgehead atoms. The van der Waals surface area contributed by atoms with E-state index in [1.165, 1.54) is 0 Å². The van der Waals surface area contributed by atoms with Crippen molar-refractivity contribution in [2.24, 2.45) is 11.1 Å². The van der Waals surface area contributed by atoms with E-state index in [0.717, 1.165) is 18.2 Å². The Morgan fingerprint density at radius 1 is 1.36 bits per heavy atom.